The molecule has 0 amide bonds. The van der Waals surface area contributed by atoms with Crippen molar-refractivity contribution in [2.75, 3.05) is 0 Å². The Bertz CT molecular complexity index is 1890. The number of hydrogen-bond donors (Lipinski definition) is 1. The Labute approximate surface area is 227 Å². The molecule has 2 heterocycles. The summed E-state index contributed by atoms with van der Waals surface area (Å²) in [6.07, 6.45) is 1.78. The van der Waals surface area contributed by atoms with Gasteiger partial charge in [0, 0.05) is 19.0 Å². The van der Waals surface area contributed by atoms with Crippen molar-refractivity contribution in [2.24, 2.45) is 7.05 Å². The van der Waals surface area contributed by atoms with Crippen LogP contribution in [0.3, 0.4) is 0 Å². The number of rotatable bonds is 6. The van der Waals surface area contributed by atoms with E-state index in [2.05, 4.69) is 79.4 Å². The van der Waals surface area contributed by atoms with Crippen molar-refractivity contribution in [1.82, 2.24) is 19.1 Å². The zero-order valence-electron chi connectivity index (χ0n) is 22.6. The summed E-state index contributed by atoms with van der Waals surface area (Å²) in [6.45, 7) is 6.31. The van der Waals surface area contributed by atoms with Gasteiger partial charge in [-0.3, -0.25) is 4.57 Å². The van der Waals surface area contributed by atoms with Crippen molar-refractivity contribution in [1.29, 1.82) is 0 Å². The Hall–Kier alpha value is -4.71. The quantitative estimate of drug-likeness (QED) is 0.250. The first-order valence-electron chi connectivity index (χ1n) is 13.2. The third kappa shape index (κ3) is 4.09. The number of hydrogen-bond acceptors (Lipinski definition) is 3. The van der Waals surface area contributed by atoms with E-state index < -0.39 is 5.97 Å². The summed E-state index contributed by atoms with van der Waals surface area (Å²) < 4.78 is 4.38. The number of carboxylic acids is 1. The molecular formula is C33H30N4O2. The zero-order valence-corrected chi connectivity index (χ0v) is 22.6. The van der Waals surface area contributed by atoms with Crippen LogP contribution in [-0.4, -0.2) is 30.2 Å². The van der Waals surface area contributed by atoms with Crippen LogP contribution in [0.25, 0.3) is 50.3 Å². The maximum atomic E-state index is 12.0. The predicted molar refractivity (Wildman–Crippen MR) is 157 cm³/mol. The number of benzene rings is 4. The highest BCUT2D eigenvalue weighted by molar-refractivity contribution is 5.97. The van der Waals surface area contributed by atoms with E-state index in [1.54, 1.807) is 12.1 Å². The van der Waals surface area contributed by atoms with Crippen LogP contribution in [0.5, 0.6) is 0 Å². The number of nitrogens with zero attached hydrogens (tertiary/aromatic N) is 4. The van der Waals surface area contributed by atoms with Gasteiger partial charge >= 0.3 is 5.97 Å². The van der Waals surface area contributed by atoms with Crippen molar-refractivity contribution >= 4 is 28.0 Å². The van der Waals surface area contributed by atoms with Gasteiger partial charge in [0.25, 0.3) is 0 Å². The minimum absolute atomic E-state index is 0.293. The molecule has 0 saturated heterocycles. The molecule has 0 aliphatic heterocycles. The highest BCUT2D eigenvalue weighted by atomic mass is 16.4. The molecule has 0 spiro atoms. The van der Waals surface area contributed by atoms with E-state index in [1.807, 2.05) is 24.3 Å². The van der Waals surface area contributed by atoms with Crippen LogP contribution in [0.2, 0.25) is 0 Å². The summed E-state index contributed by atoms with van der Waals surface area (Å²) in [5, 5.41) is 9.83. The molecule has 4 aromatic carbocycles. The molecule has 6 nitrogen and oxygen atoms in total. The van der Waals surface area contributed by atoms with Gasteiger partial charge in [0.05, 0.1) is 33.3 Å². The summed E-state index contributed by atoms with van der Waals surface area (Å²) in [7, 11) is 2.06. The summed E-state index contributed by atoms with van der Waals surface area (Å²) in [5.74, 6) is 0.956. The molecule has 2 aromatic heterocycles. The standard InChI is InChI=1S/C33H30N4O2/c1-5-9-31-34-27-17-15-22(32-35-26-16-14-20(2)18-29(26)36(32)4)19-30(27)37(31)28-13-8-12-23(21(28)3)24-10-6-7-11-25(24)33(38)39/h6-8,10-19H,5,9H2,1-4H3,(H,38,39). The Kier molecular flexibility index (Phi) is 6.03. The third-order valence-corrected chi connectivity index (χ3v) is 7.49. The minimum Gasteiger partial charge on any atom is -0.478 e. The van der Waals surface area contributed by atoms with Crippen molar-refractivity contribution in [2.45, 2.75) is 33.6 Å². The van der Waals surface area contributed by atoms with Crippen molar-refractivity contribution in [3.05, 3.63) is 101 Å². The van der Waals surface area contributed by atoms with Gasteiger partial charge < -0.3 is 9.67 Å². The van der Waals surface area contributed by atoms with Crippen LogP contribution in [0.15, 0.2) is 78.9 Å². The number of aromatic nitrogens is 4. The molecule has 194 valence electrons. The van der Waals surface area contributed by atoms with Gasteiger partial charge in [0.15, 0.2) is 0 Å². The van der Waals surface area contributed by atoms with E-state index in [-0.39, 0.29) is 0 Å². The summed E-state index contributed by atoms with van der Waals surface area (Å²) >= 11 is 0. The number of aromatic carboxylic acids is 1. The van der Waals surface area contributed by atoms with E-state index >= 15 is 0 Å². The lowest BCUT2D eigenvalue weighted by atomic mass is 9.95. The monoisotopic (exact) mass is 514 g/mol. The Morgan fingerprint density at radius 1 is 0.846 bits per heavy atom. The first-order chi connectivity index (χ1) is 18.9. The van der Waals surface area contributed by atoms with E-state index in [1.165, 1.54) is 5.56 Å². The molecule has 0 unspecified atom stereocenters. The first-order valence-corrected chi connectivity index (χ1v) is 13.2. The Morgan fingerprint density at radius 3 is 2.38 bits per heavy atom. The lowest BCUT2D eigenvalue weighted by Crippen LogP contribution is -2.05. The van der Waals surface area contributed by atoms with E-state index in [0.717, 1.165) is 68.9 Å². The van der Waals surface area contributed by atoms with Gasteiger partial charge in [-0.15, -0.1) is 0 Å². The topological polar surface area (TPSA) is 72.9 Å². The van der Waals surface area contributed by atoms with Gasteiger partial charge in [-0.1, -0.05) is 43.3 Å². The fraction of sp³-hybridized carbons (Fsp3) is 0.182. The maximum absolute atomic E-state index is 12.0. The van der Waals surface area contributed by atoms with E-state index in [9.17, 15) is 9.90 Å². The number of fused-ring (bicyclic) bond motifs is 2. The fourth-order valence-corrected chi connectivity index (χ4v) is 5.54. The maximum Gasteiger partial charge on any atom is 0.336 e. The highest BCUT2D eigenvalue weighted by Crippen LogP contribution is 2.34. The molecule has 0 aliphatic carbocycles. The Morgan fingerprint density at radius 2 is 1.59 bits per heavy atom. The molecular weight excluding hydrogens is 484 g/mol. The highest BCUT2D eigenvalue weighted by Gasteiger charge is 2.19. The summed E-state index contributed by atoms with van der Waals surface area (Å²) in [4.78, 5) is 22.0. The predicted octanol–water partition coefficient (Wildman–Crippen LogP) is 7.51. The van der Waals surface area contributed by atoms with Crippen LogP contribution in [-0.2, 0) is 13.5 Å². The summed E-state index contributed by atoms with van der Waals surface area (Å²) in [5.41, 5.74) is 10.1. The smallest absolute Gasteiger partial charge is 0.336 e. The molecule has 39 heavy (non-hydrogen) atoms. The Balaban J connectivity index is 1.58. The molecule has 0 saturated carbocycles. The van der Waals surface area contributed by atoms with Crippen LogP contribution in [0.4, 0.5) is 0 Å². The molecule has 6 aromatic rings. The second-order valence-electron chi connectivity index (χ2n) is 10.1. The van der Waals surface area contributed by atoms with Crippen molar-refractivity contribution in [3.8, 4) is 28.2 Å². The van der Waals surface area contributed by atoms with E-state index in [0.29, 0.717) is 11.1 Å². The number of imidazole rings is 2. The first kappa shape index (κ1) is 24.6. The molecule has 6 heteroatoms. The lowest BCUT2D eigenvalue weighted by molar-refractivity contribution is 0.0697. The van der Waals surface area contributed by atoms with Gasteiger partial charge in [-0.05, 0) is 85.0 Å². The van der Waals surface area contributed by atoms with Gasteiger partial charge in [-0.25, -0.2) is 14.8 Å². The van der Waals surface area contributed by atoms with Crippen LogP contribution < -0.4 is 0 Å². The average Bonchev–Trinajstić information content (AvgIpc) is 3.45. The molecule has 0 atom stereocenters. The van der Waals surface area contributed by atoms with Crippen LogP contribution >= 0.6 is 0 Å². The average molecular weight is 515 g/mol. The SMILES string of the molecule is CCCc1nc2ccc(-c3nc4ccc(C)cc4n3C)cc2n1-c1cccc(-c2ccccc2C(=O)O)c1C. The summed E-state index contributed by atoms with van der Waals surface area (Å²) in [6, 6.07) is 25.9. The van der Waals surface area contributed by atoms with Crippen LogP contribution in [0, 0.1) is 13.8 Å². The minimum atomic E-state index is -0.933. The number of carboxylic acid groups (broad SMARTS) is 1. The molecule has 0 bridgehead atoms. The second-order valence-corrected chi connectivity index (χ2v) is 10.1. The number of carbonyl (C=O) groups is 1. The van der Waals surface area contributed by atoms with Gasteiger partial charge in [0.2, 0.25) is 0 Å². The fourth-order valence-electron chi connectivity index (χ4n) is 5.54. The molecule has 1 N–H and O–H groups in total. The largest absolute Gasteiger partial charge is 0.478 e. The lowest BCUT2D eigenvalue weighted by Gasteiger charge is -2.17. The zero-order chi connectivity index (χ0) is 27.3. The third-order valence-electron chi connectivity index (χ3n) is 7.49. The molecule has 0 fully saturated rings. The molecule has 0 aliphatic rings. The normalized spacial score (nSPS) is 11.5. The van der Waals surface area contributed by atoms with Crippen molar-refractivity contribution in [3.63, 3.8) is 0 Å². The van der Waals surface area contributed by atoms with Crippen molar-refractivity contribution < 1.29 is 9.90 Å². The van der Waals surface area contributed by atoms with E-state index in [4.69, 9.17) is 9.97 Å². The molecule has 0 radical (unpaired) electrons. The second kappa shape index (κ2) is 9.55. The van der Waals surface area contributed by atoms with Gasteiger partial charge in [-0.2, -0.15) is 0 Å². The van der Waals surface area contributed by atoms with Gasteiger partial charge in [0.1, 0.15) is 11.6 Å². The molecule has 6 rings (SSSR count). The van der Waals surface area contributed by atoms with Crippen LogP contribution in [0.1, 0.15) is 40.7 Å². The number of aryl methyl sites for hydroxylation is 3.